The Morgan fingerprint density at radius 3 is 2.45 bits per heavy atom. The molecule has 4 nitrogen and oxygen atoms in total. The highest BCUT2D eigenvalue weighted by Crippen LogP contribution is 2.57. The van der Waals surface area contributed by atoms with Crippen LogP contribution in [0.1, 0.15) is 59.2 Å². The van der Waals surface area contributed by atoms with Crippen molar-refractivity contribution < 1.29 is 9.15 Å². The minimum Gasteiger partial charge on any atom is -0.492 e. The Labute approximate surface area is 257 Å². The lowest BCUT2D eigenvalue weighted by molar-refractivity contribution is 0.249. The summed E-state index contributed by atoms with van der Waals surface area (Å²) < 4.78 is 12.8. The van der Waals surface area contributed by atoms with Crippen molar-refractivity contribution in [3.63, 3.8) is 0 Å². The second-order valence-electron chi connectivity index (χ2n) is 12.3. The van der Waals surface area contributed by atoms with Crippen molar-refractivity contribution in [2.45, 2.75) is 31.2 Å². The van der Waals surface area contributed by atoms with E-state index in [1.54, 1.807) is 0 Å². The van der Waals surface area contributed by atoms with Gasteiger partial charge in [0.15, 0.2) is 0 Å². The quantitative estimate of drug-likeness (QED) is 0.216. The molecule has 4 aliphatic rings. The van der Waals surface area contributed by atoms with Gasteiger partial charge in [-0.15, -0.1) is 0 Å². The third kappa shape index (κ3) is 3.80. The van der Waals surface area contributed by atoms with Crippen LogP contribution in [0.15, 0.2) is 143 Å². The lowest BCUT2D eigenvalue weighted by atomic mass is 9.76. The fourth-order valence-electron chi connectivity index (χ4n) is 7.94. The zero-order valence-corrected chi connectivity index (χ0v) is 24.6. The first-order valence-corrected chi connectivity index (χ1v) is 15.6. The highest BCUT2D eigenvalue weighted by Gasteiger charge is 2.46. The predicted octanol–water partition coefficient (Wildman–Crippen LogP) is 9.53. The average Bonchev–Trinajstić information content (AvgIpc) is 3.72. The van der Waals surface area contributed by atoms with E-state index in [1.165, 1.54) is 39.1 Å². The van der Waals surface area contributed by atoms with E-state index in [1.807, 2.05) is 6.26 Å². The average molecular weight is 573 g/mol. The van der Waals surface area contributed by atoms with E-state index in [0.29, 0.717) is 12.5 Å². The molecule has 2 aliphatic heterocycles. The minimum atomic E-state index is -0.0124. The van der Waals surface area contributed by atoms with Crippen LogP contribution in [0.2, 0.25) is 0 Å². The molecule has 2 aliphatic carbocycles. The van der Waals surface area contributed by atoms with Gasteiger partial charge in [0.1, 0.15) is 17.3 Å². The molecule has 44 heavy (non-hydrogen) atoms. The van der Waals surface area contributed by atoms with E-state index in [9.17, 15) is 0 Å². The maximum Gasteiger partial charge on any atom is 0.134 e. The van der Waals surface area contributed by atoms with Crippen LogP contribution in [0.25, 0.3) is 22.9 Å². The summed E-state index contributed by atoms with van der Waals surface area (Å²) >= 11 is 0. The van der Waals surface area contributed by atoms with E-state index in [0.717, 1.165) is 35.0 Å². The first-order chi connectivity index (χ1) is 21.8. The zero-order chi connectivity index (χ0) is 29.2. The number of fused-ring (bicyclic) bond motifs is 7. The van der Waals surface area contributed by atoms with Crippen molar-refractivity contribution >= 4 is 17.5 Å². The molecule has 0 bridgehead atoms. The summed E-state index contributed by atoms with van der Waals surface area (Å²) in [6, 6.07) is 38.8. The predicted molar refractivity (Wildman–Crippen MR) is 175 cm³/mol. The standard InChI is InChI=1S/C40H32N2O2/c1-25-23-34-38(40-37(25)32(24-44-40)26-11-4-2-5-12-26)29-16-9-8-15-28(29)30-19-20-35-31(21-22-43-35)39(30)42(34)36-18-10-17-33(41-36)27-13-6-3-7-14-27/h2-22,25,30,32,39H,23-24H2,1H3. The van der Waals surface area contributed by atoms with Crippen molar-refractivity contribution in [1.29, 1.82) is 0 Å². The van der Waals surface area contributed by atoms with Gasteiger partial charge in [-0.1, -0.05) is 104 Å². The highest BCUT2D eigenvalue weighted by molar-refractivity contribution is 5.89. The van der Waals surface area contributed by atoms with E-state index >= 15 is 0 Å². The number of benzene rings is 3. The first kappa shape index (κ1) is 25.4. The molecule has 3 aromatic carbocycles. The Morgan fingerprint density at radius 2 is 1.59 bits per heavy atom. The van der Waals surface area contributed by atoms with Crippen molar-refractivity contribution in [2.24, 2.45) is 5.92 Å². The Kier molecular flexibility index (Phi) is 5.77. The molecule has 2 aromatic heterocycles. The summed E-state index contributed by atoms with van der Waals surface area (Å²) in [6.07, 6.45) is 7.19. The van der Waals surface area contributed by atoms with Gasteiger partial charge in [0.2, 0.25) is 0 Å². The van der Waals surface area contributed by atoms with Crippen LogP contribution in [0.3, 0.4) is 0 Å². The monoisotopic (exact) mass is 572 g/mol. The largest absolute Gasteiger partial charge is 0.492 e. The number of rotatable bonds is 3. The van der Waals surface area contributed by atoms with Crippen LogP contribution in [0.5, 0.6) is 0 Å². The molecule has 4 unspecified atom stereocenters. The van der Waals surface area contributed by atoms with Crippen LogP contribution >= 0.6 is 0 Å². The first-order valence-electron chi connectivity index (χ1n) is 15.6. The summed E-state index contributed by atoms with van der Waals surface area (Å²) in [5.74, 6) is 3.58. The fraction of sp³-hybridized carbons (Fsp3) is 0.175. The smallest absolute Gasteiger partial charge is 0.134 e. The number of pyridine rings is 1. The molecule has 4 heteroatoms. The molecule has 0 fully saturated rings. The van der Waals surface area contributed by atoms with E-state index in [4.69, 9.17) is 14.1 Å². The number of nitrogens with zero attached hydrogens (tertiary/aromatic N) is 2. The number of ether oxygens (including phenoxy) is 1. The Hall–Kier alpha value is -5.09. The Balaban J connectivity index is 1.32. The third-order valence-corrected chi connectivity index (χ3v) is 9.83. The highest BCUT2D eigenvalue weighted by atomic mass is 16.5. The maximum atomic E-state index is 6.80. The van der Waals surface area contributed by atoms with Crippen LogP contribution < -0.4 is 4.90 Å². The topological polar surface area (TPSA) is 38.5 Å². The van der Waals surface area contributed by atoms with Crippen LogP contribution in [-0.4, -0.2) is 11.6 Å². The summed E-state index contributed by atoms with van der Waals surface area (Å²) in [5, 5.41) is 0. The number of furan rings is 1. The second-order valence-corrected chi connectivity index (χ2v) is 12.3. The molecule has 0 saturated carbocycles. The number of hydrogen-bond donors (Lipinski definition) is 0. The number of anilines is 1. The molecule has 4 atom stereocenters. The molecule has 5 aromatic rings. The fourth-order valence-corrected chi connectivity index (χ4v) is 7.94. The molecular formula is C40H32N2O2. The lowest BCUT2D eigenvalue weighted by Gasteiger charge is -2.40. The van der Waals surface area contributed by atoms with Gasteiger partial charge in [0.25, 0.3) is 0 Å². The molecule has 0 amide bonds. The van der Waals surface area contributed by atoms with Gasteiger partial charge in [0, 0.05) is 34.2 Å². The van der Waals surface area contributed by atoms with E-state index < -0.39 is 0 Å². The summed E-state index contributed by atoms with van der Waals surface area (Å²) in [7, 11) is 0. The Bertz CT molecular complexity index is 1980. The van der Waals surface area contributed by atoms with Crippen LogP contribution in [0, 0.1) is 5.92 Å². The number of hydrogen-bond acceptors (Lipinski definition) is 4. The molecule has 0 spiro atoms. The lowest BCUT2D eigenvalue weighted by Crippen LogP contribution is -2.34. The maximum absolute atomic E-state index is 6.80. The molecule has 4 heterocycles. The molecular weight excluding hydrogens is 540 g/mol. The number of aromatic nitrogens is 1. The van der Waals surface area contributed by atoms with Gasteiger partial charge in [0.05, 0.1) is 24.6 Å². The zero-order valence-electron chi connectivity index (χ0n) is 24.6. The van der Waals surface area contributed by atoms with Crippen molar-refractivity contribution in [3.05, 3.63) is 167 Å². The molecule has 9 rings (SSSR count). The van der Waals surface area contributed by atoms with Gasteiger partial charge in [-0.25, -0.2) is 4.98 Å². The normalized spacial score (nSPS) is 23.2. The van der Waals surface area contributed by atoms with Crippen LogP contribution in [-0.2, 0) is 4.74 Å². The Morgan fingerprint density at radius 1 is 0.795 bits per heavy atom. The van der Waals surface area contributed by atoms with Gasteiger partial charge in [-0.3, -0.25) is 0 Å². The van der Waals surface area contributed by atoms with Gasteiger partial charge >= 0.3 is 0 Å². The van der Waals surface area contributed by atoms with Crippen molar-refractivity contribution in [3.8, 4) is 11.3 Å². The van der Waals surface area contributed by atoms with E-state index in [2.05, 4.69) is 133 Å². The summed E-state index contributed by atoms with van der Waals surface area (Å²) in [4.78, 5) is 7.88. The summed E-state index contributed by atoms with van der Waals surface area (Å²) in [5.41, 5.74) is 11.0. The minimum absolute atomic E-state index is 0.0124. The van der Waals surface area contributed by atoms with Gasteiger partial charge in [-0.05, 0) is 58.9 Å². The van der Waals surface area contributed by atoms with Crippen molar-refractivity contribution in [1.82, 2.24) is 4.98 Å². The van der Waals surface area contributed by atoms with Gasteiger partial charge in [-0.2, -0.15) is 0 Å². The molecule has 0 saturated heterocycles. The molecule has 214 valence electrons. The SMILES string of the molecule is CC1CC2=C(C3=C1C(c1ccccc1)CO3)c1ccccc1C1C=Cc3occc3C1N2c1cccc(-c2ccccc2)n1. The van der Waals surface area contributed by atoms with Crippen LogP contribution in [0.4, 0.5) is 5.82 Å². The number of allylic oxidation sites excluding steroid dienone is 2. The van der Waals surface area contributed by atoms with Gasteiger partial charge < -0.3 is 14.1 Å². The summed E-state index contributed by atoms with van der Waals surface area (Å²) in [6.45, 7) is 3.03. The second kappa shape index (κ2) is 9.99. The molecule has 0 radical (unpaired) electrons. The van der Waals surface area contributed by atoms with E-state index in [-0.39, 0.29) is 17.9 Å². The molecule has 0 N–H and O–H groups in total. The third-order valence-electron chi connectivity index (χ3n) is 9.83. The van der Waals surface area contributed by atoms with Crippen molar-refractivity contribution in [2.75, 3.05) is 11.5 Å².